The van der Waals surface area contributed by atoms with Crippen molar-refractivity contribution in [2.75, 3.05) is 5.34 Å². The summed E-state index contributed by atoms with van der Waals surface area (Å²) in [6.07, 6.45) is 0. The normalized spacial score (nSPS) is 10.2. The van der Waals surface area contributed by atoms with E-state index in [2.05, 4.69) is 182 Å². The summed E-state index contributed by atoms with van der Waals surface area (Å²) in [7, 11) is -0.892. The summed E-state index contributed by atoms with van der Waals surface area (Å²) in [5.74, 6) is 0. The highest BCUT2D eigenvalue weighted by Crippen LogP contribution is 2.33. The Morgan fingerprint density at radius 3 is 0.512 bits per heavy atom. The Morgan fingerprint density at radius 1 is 0.268 bits per heavy atom. The van der Waals surface area contributed by atoms with Gasteiger partial charge in [0.2, 0.25) is 0 Å². The lowest BCUT2D eigenvalue weighted by atomic mass is 10.4. The van der Waals surface area contributed by atoms with Crippen molar-refractivity contribution < 1.29 is 0 Å². The second-order valence-electron chi connectivity index (χ2n) is 8.79. The van der Waals surface area contributed by atoms with Gasteiger partial charge in [0, 0.05) is 0 Å². The molecule has 204 valence electrons. The van der Waals surface area contributed by atoms with Crippen LogP contribution < -0.4 is 31.8 Å². The molecule has 6 rings (SSSR count). The number of benzene rings is 6. The first-order valence-corrected chi connectivity index (χ1v) is 17.1. The van der Waals surface area contributed by atoms with Crippen LogP contribution in [0, 0.1) is 0 Å². The molecule has 0 aromatic heterocycles. The predicted octanol–water partition coefficient (Wildman–Crippen LogP) is 8.31. The molecule has 0 bridgehead atoms. The third-order valence-corrected chi connectivity index (χ3v) is 11.0. The van der Waals surface area contributed by atoms with Crippen LogP contribution in [0.25, 0.3) is 0 Å². The fraction of sp³-hybridized carbons (Fsp3) is 0.0270. The van der Waals surface area contributed by atoms with Crippen molar-refractivity contribution in [2.24, 2.45) is 0 Å². The summed E-state index contributed by atoms with van der Waals surface area (Å²) in [6, 6.07) is 64.7. The van der Waals surface area contributed by atoms with E-state index in [0.717, 1.165) is 0 Å². The van der Waals surface area contributed by atoms with E-state index >= 15 is 0 Å². The van der Waals surface area contributed by atoms with Crippen molar-refractivity contribution in [3.63, 3.8) is 0 Å². The van der Waals surface area contributed by atoms with Gasteiger partial charge in [0.05, 0.1) is 5.34 Å². The predicted molar refractivity (Wildman–Crippen MR) is 187 cm³/mol. The maximum atomic E-state index is 4.76. The van der Waals surface area contributed by atoms with Gasteiger partial charge in [-0.25, -0.2) is 0 Å². The van der Waals surface area contributed by atoms with Crippen LogP contribution in [0.1, 0.15) is 0 Å². The van der Waals surface area contributed by atoms with Gasteiger partial charge in [-0.1, -0.05) is 182 Å². The first-order chi connectivity index (χ1) is 20.3. The van der Waals surface area contributed by atoms with Crippen LogP contribution in [0.2, 0.25) is 0 Å². The molecule has 0 aliphatic heterocycles. The van der Waals surface area contributed by atoms with Crippen molar-refractivity contribution in [2.45, 2.75) is 0 Å². The van der Waals surface area contributed by atoms with Crippen LogP contribution in [0.15, 0.2) is 182 Å². The Morgan fingerprint density at radius 2 is 0.390 bits per heavy atom. The molecule has 0 spiro atoms. The van der Waals surface area contributed by atoms with Crippen LogP contribution in [0.3, 0.4) is 0 Å². The van der Waals surface area contributed by atoms with Crippen LogP contribution in [0.4, 0.5) is 0 Å². The lowest BCUT2D eigenvalue weighted by Crippen LogP contribution is -2.20. The lowest BCUT2D eigenvalue weighted by Gasteiger charge is -2.18. The first-order valence-electron chi connectivity index (χ1n) is 13.3. The summed E-state index contributed by atoms with van der Waals surface area (Å²) < 4.78 is 0. The van der Waals surface area contributed by atoms with E-state index < -0.39 is 15.8 Å². The molecule has 0 amide bonds. The Kier molecular flexibility index (Phi) is 13.1. The summed E-state index contributed by atoms with van der Waals surface area (Å²) in [5, 5.41) is 8.58. The number of halogens is 2. The van der Waals surface area contributed by atoms with Crippen LogP contribution in [0.5, 0.6) is 0 Å². The van der Waals surface area contributed by atoms with Gasteiger partial charge >= 0.3 is 0 Å². The zero-order valence-electron chi connectivity index (χ0n) is 22.7. The van der Waals surface area contributed by atoms with Gasteiger partial charge < -0.3 is 0 Å². The van der Waals surface area contributed by atoms with E-state index in [1.54, 1.807) is 0 Å². The first kappa shape index (κ1) is 30.7. The van der Waals surface area contributed by atoms with Crippen molar-refractivity contribution in [3.05, 3.63) is 182 Å². The molecule has 4 heteroatoms. The Balaban J connectivity index is 0.000000173. The molecule has 0 aliphatic rings. The minimum Gasteiger partial charge on any atom is -0.109 e. The average molecular weight is 610 g/mol. The third-order valence-electron chi connectivity index (χ3n) is 6.09. The summed E-state index contributed by atoms with van der Waals surface area (Å²) >= 11 is 9.53. The molecule has 0 saturated carbocycles. The standard InChI is InChI=1S/2C18H15P.CH2Cl2/c2*1-4-10-16(11-5-1)19(17-12-6-2-7-13-17)18-14-8-3-9-15-18;2-1-3/h2*1-15H;1H2. The van der Waals surface area contributed by atoms with E-state index in [1.807, 2.05) is 0 Å². The number of hydrogen-bond donors (Lipinski definition) is 0. The summed E-state index contributed by atoms with van der Waals surface area (Å²) in [5.41, 5.74) is 0. The van der Waals surface area contributed by atoms with Gasteiger partial charge in [0.1, 0.15) is 0 Å². The number of hydrogen-bond acceptors (Lipinski definition) is 0. The highest BCUT2D eigenvalue weighted by molar-refractivity contribution is 7.80. The quantitative estimate of drug-likeness (QED) is 0.132. The molecule has 0 N–H and O–H groups in total. The smallest absolute Gasteiger partial charge is 0.0967 e. The lowest BCUT2D eigenvalue weighted by molar-refractivity contribution is 1.74. The van der Waals surface area contributed by atoms with Crippen molar-refractivity contribution in [1.29, 1.82) is 0 Å². The van der Waals surface area contributed by atoms with Gasteiger partial charge in [0.15, 0.2) is 0 Å². The largest absolute Gasteiger partial charge is 0.109 e. The van der Waals surface area contributed by atoms with E-state index in [0.29, 0.717) is 0 Å². The second kappa shape index (κ2) is 17.5. The molecule has 0 heterocycles. The Bertz CT molecular complexity index is 1190. The van der Waals surface area contributed by atoms with Crippen LogP contribution in [-0.2, 0) is 0 Å². The van der Waals surface area contributed by atoms with Crippen molar-refractivity contribution in [1.82, 2.24) is 0 Å². The van der Waals surface area contributed by atoms with E-state index in [1.165, 1.54) is 31.8 Å². The highest BCUT2D eigenvalue weighted by Gasteiger charge is 2.16. The molecule has 0 unspecified atom stereocenters. The molecule has 0 nitrogen and oxygen atoms in total. The van der Waals surface area contributed by atoms with E-state index in [9.17, 15) is 0 Å². The van der Waals surface area contributed by atoms with Gasteiger partial charge in [-0.3, -0.25) is 0 Å². The fourth-order valence-corrected chi connectivity index (χ4v) is 8.97. The van der Waals surface area contributed by atoms with Crippen molar-refractivity contribution >= 4 is 70.9 Å². The number of rotatable bonds is 6. The van der Waals surface area contributed by atoms with Gasteiger partial charge in [-0.15, -0.1) is 23.2 Å². The molecule has 0 aliphatic carbocycles. The average Bonchev–Trinajstić information content (AvgIpc) is 3.05. The minimum absolute atomic E-state index is 0.194. The van der Waals surface area contributed by atoms with Crippen LogP contribution in [-0.4, -0.2) is 5.34 Å². The molecular weight excluding hydrogens is 577 g/mol. The zero-order chi connectivity index (χ0) is 28.5. The molecule has 41 heavy (non-hydrogen) atoms. The number of alkyl halides is 2. The molecule has 0 saturated heterocycles. The van der Waals surface area contributed by atoms with Gasteiger partial charge in [-0.05, 0) is 47.7 Å². The minimum atomic E-state index is -0.446. The van der Waals surface area contributed by atoms with Gasteiger partial charge in [-0.2, -0.15) is 0 Å². The monoisotopic (exact) mass is 608 g/mol. The molecule has 6 aromatic carbocycles. The Hall–Kier alpha value is -3.24. The van der Waals surface area contributed by atoms with Gasteiger partial charge in [0.25, 0.3) is 0 Å². The third kappa shape index (κ3) is 9.39. The molecule has 0 fully saturated rings. The fourth-order valence-electron chi connectivity index (χ4n) is 4.36. The maximum absolute atomic E-state index is 4.76. The summed E-state index contributed by atoms with van der Waals surface area (Å²) in [6.45, 7) is 0. The van der Waals surface area contributed by atoms with E-state index in [-0.39, 0.29) is 5.34 Å². The molecule has 6 aromatic rings. The van der Waals surface area contributed by atoms with Crippen molar-refractivity contribution in [3.8, 4) is 0 Å². The second-order valence-corrected chi connectivity index (χ2v) is 14.0. The molecular formula is C37H32Cl2P2. The maximum Gasteiger partial charge on any atom is 0.0967 e. The highest BCUT2D eigenvalue weighted by atomic mass is 35.5. The zero-order valence-corrected chi connectivity index (χ0v) is 26.0. The van der Waals surface area contributed by atoms with Crippen LogP contribution >= 0.6 is 39.0 Å². The molecule has 0 radical (unpaired) electrons. The summed E-state index contributed by atoms with van der Waals surface area (Å²) in [4.78, 5) is 0. The Labute approximate surface area is 257 Å². The topological polar surface area (TPSA) is 0 Å². The van der Waals surface area contributed by atoms with E-state index in [4.69, 9.17) is 23.2 Å². The molecule has 0 atom stereocenters. The SMILES string of the molecule is ClCCl.c1ccc(P(c2ccccc2)c2ccccc2)cc1.c1ccc(P(c2ccccc2)c2ccccc2)cc1.